The molecule has 0 N–H and O–H groups in total. The smallest absolute Gasteiger partial charge is 0.184 e. The van der Waals surface area contributed by atoms with Crippen LogP contribution in [0.25, 0.3) is 0 Å². The van der Waals surface area contributed by atoms with Gasteiger partial charge in [-0.1, -0.05) is 48.7 Å². The van der Waals surface area contributed by atoms with Crippen LogP contribution in [0.1, 0.15) is 52.9 Å². The van der Waals surface area contributed by atoms with E-state index in [9.17, 15) is 0 Å². The molecule has 1 fully saturated rings. The Labute approximate surface area is 123 Å². The lowest BCUT2D eigenvalue weighted by molar-refractivity contribution is 0.118. The van der Waals surface area contributed by atoms with E-state index in [2.05, 4.69) is 56.3 Å². The Morgan fingerprint density at radius 3 is 2.00 bits per heavy atom. The van der Waals surface area contributed by atoms with Gasteiger partial charge in [0.1, 0.15) is 0 Å². The maximum atomic E-state index is 6.45. The van der Waals surface area contributed by atoms with Gasteiger partial charge in [0.15, 0.2) is 8.32 Å². The fourth-order valence-electron chi connectivity index (χ4n) is 2.37. The van der Waals surface area contributed by atoms with Crippen molar-refractivity contribution in [2.75, 3.05) is 0 Å². The number of allylic oxidation sites excluding steroid dienone is 1. The molecule has 1 aliphatic carbocycles. The highest BCUT2D eigenvalue weighted by molar-refractivity contribution is 9.11. The predicted octanol–water partition coefficient (Wildman–Crippen LogP) is 5.87. The fraction of sp³-hybridized carbons (Fsp3) is 0.867. The number of rotatable bonds is 3. The standard InChI is InChI=1S/C15H29BrOSi/c1-15(2,3)14(17-18(4,5)6)13(16)12-10-8-7-9-11-12/h14H,7-11H2,1-6H3. The molecule has 0 radical (unpaired) electrons. The summed E-state index contributed by atoms with van der Waals surface area (Å²) in [7, 11) is -1.52. The van der Waals surface area contributed by atoms with E-state index < -0.39 is 8.32 Å². The van der Waals surface area contributed by atoms with Crippen molar-refractivity contribution in [2.45, 2.75) is 78.6 Å². The van der Waals surface area contributed by atoms with Gasteiger partial charge in [0.2, 0.25) is 0 Å². The molecule has 1 nitrogen and oxygen atoms in total. The third kappa shape index (κ3) is 5.18. The lowest BCUT2D eigenvalue weighted by Gasteiger charge is -2.37. The van der Waals surface area contributed by atoms with Crippen LogP contribution in [0.2, 0.25) is 19.6 Å². The van der Waals surface area contributed by atoms with Gasteiger partial charge in [-0.05, 0) is 50.7 Å². The van der Waals surface area contributed by atoms with Crippen molar-refractivity contribution >= 4 is 24.2 Å². The summed E-state index contributed by atoms with van der Waals surface area (Å²) in [5, 5.41) is 0. The SMILES string of the molecule is CC(C)(C)C(O[Si](C)(C)C)C(Br)=C1CCCCC1. The molecule has 1 unspecified atom stereocenters. The van der Waals surface area contributed by atoms with Crippen molar-refractivity contribution < 1.29 is 4.43 Å². The van der Waals surface area contributed by atoms with Crippen LogP contribution in [0.15, 0.2) is 10.1 Å². The normalized spacial score (nSPS) is 19.8. The topological polar surface area (TPSA) is 9.23 Å². The highest BCUT2D eigenvalue weighted by atomic mass is 79.9. The van der Waals surface area contributed by atoms with Crippen LogP contribution in [-0.2, 0) is 4.43 Å². The molecule has 106 valence electrons. The van der Waals surface area contributed by atoms with E-state index in [0.29, 0.717) is 0 Å². The van der Waals surface area contributed by atoms with E-state index in [4.69, 9.17) is 4.43 Å². The zero-order valence-electron chi connectivity index (χ0n) is 12.9. The summed E-state index contributed by atoms with van der Waals surface area (Å²) in [5.74, 6) is 0. The maximum absolute atomic E-state index is 6.45. The highest BCUT2D eigenvalue weighted by Crippen LogP contribution is 2.38. The average Bonchev–Trinajstić information content (AvgIpc) is 2.24. The molecule has 3 heteroatoms. The first kappa shape index (κ1) is 16.5. The monoisotopic (exact) mass is 332 g/mol. The summed E-state index contributed by atoms with van der Waals surface area (Å²) in [6.07, 6.45) is 6.79. The average molecular weight is 333 g/mol. The molecule has 0 saturated heterocycles. The predicted molar refractivity (Wildman–Crippen MR) is 86.7 cm³/mol. The molecule has 1 atom stereocenters. The maximum Gasteiger partial charge on any atom is 0.184 e. The molecule has 1 rings (SSSR count). The van der Waals surface area contributed by atoms with Crippen molar-refractivity contribution in [3.63, 3.8) is 0 Å². The highest BCUT2D eigenvalue weighted by Gasteiger charge is 2.33. The van der Waals surface area contributed by atoms with Gasteiger partial charge in [-0.25, -0.2) is 0 Å². The van der Waals surface area contributed by atoms with Crippen LogP contribution in [0.5, 0.6) is 0 Å². The molecule has 0 amide bonds. The van der Waals surface area contributed by atoms with Crippen molar-refractivity contribution in [2.24, 2.45) is 5.41 Å². The van der Waals surface area contributed by atoms with Gasteiger partial charge in [-0.15, -0.1) is 0 Å². The number of hydrogen-bond donors (Lipinski definition) is 0. The van der Waals surface area contributed by atoms with Crippen LogP contribution >= 0.6 is 15.9 Å². The molecular formula is C15H29BrOSi. The minimum Gasteiger partial charge on any atom is -0.410 e. The van der Waals surface area contributed by atoms with Crippen molar-refractivity contribution in [1.82, 2.24) is 0 Å². The van der Waals surface area contributed by atoms with Crippen molar-refractivity contribution in [3.8, 4) is 0 Å². The van der Waals surface area contributed by atoms with Gasteiger partial charge >= 0.3 is 0 Å². The molecule has 0 aromatic carbocycles. The van der Waals surface area contributed by atoms with E-state index in [1.165, 1.54) is 36.6 Å². The fourth-order valence-corrected chi connectivity index (χ4v) is 4.89. The molecule has 0 aliphatic heterocycles. The lowest BCUT2D eigenvalue weighted by atomic mass is 9.85. The number of hydrogen-bond acceptors (Lipinski definition) is 1. The van der Waals surface area contributed by atoms with E-state index in [1.54, 1.807) is 5.57 Å². The molecule has 18 heavy (non-hydrogen) atoms. The van der Waals surface area contributed by atoms with Crippen LogP contribution in [0, 0.1) is 5.41 Å². The van der Waals surface area contributed by atoms with E-state index in [1.807, 2.05) is 0 Å². The Hall–Kier alpha value is 0.397. The summed E-state index contributed by atoms with van der Waals surface area (Å²) >= 11 is 3.87. The summed E-state index contributed by atoms with van der Waals surface area (Å²) < 4.78 is 7.80. The number of halogens is 1. The van der Waals surface area contributed by atoms with Crippen LogP contribution in [0.3, 0.4) is 0 Å². The first-order valence-electron chi connectivity index (χ1n) is 7.16. The largest absolute Gasteiger partial charge is 0.410 e. The second-order valence-electron chi connectivity index (χ2n) is 7.49. The minimum absolute atomic E-state index is 0.156. The summed E-state index contributed by atoms with van der Waals surface area (Å²) in [5.41, 5.74) is 1.75. The third-order valence-corrected chi connectivity index (χ3v) is 5.20. The van der Waals surface area contributed by atoms with Crippen LogP contribution in [0.4, 0.5) is 0 Å². The molecular weight excluding hydrogens is 304 g/mol. The van der Waals surface area contributed by atoms with Crippen LogP contribution < -0.4 is 0 Å². The van der Waals surface area contributed by atoms with Gasteiger partial charge in [0, 0.05) is 4.48 Å². The van der Waals surface area contributed by atoms with Crippen molar-refractivity contribution in [3.05, 3.63) is 10.1 Å². The van der Waals surface area contributed by atoms with E-state index in [-0.39, 0.29) is 11.5 Å². The zero-order chi connectivity index (χ0) is 14.0. The molecule has 0 aromatic rings. The summed E-state index contributed by atoms with van der Waals surface area (Å²) in [4.78, 5) is 0. The Morgan fingerprint density at radius 1 is 1.11 bits per heavy atom. The Morgan fingerprint density at radius 2 is 1.61 bits per heavy atom. The molecule has 0 heterocycles. The second kappa shape index (κ2) is 6.23. The van der Waals surface area contributed by atoms with Gasteiger partial charge in [0.25, 0.3) is 0 Å². The first-order valence-corrected chi connectivity index (χ1v) is 11.4. The van der Waals surface area contributed by atoms with Gasteiger partial charge < -0.3 is 4.43 Å². The molecule has 1 aliphatic rings. The van der Waals surface area contributed by atoms with Crippen LogP contribution in [-0.4, -0.2) is 14.4 Å². The molecule has 0 bridgehead atoms. The summed E-state index contributed by atoms with van der Waals surface area (Å²) in [6, 6.07) is 0. The lowest BCUT2D eigenvalue weighted by Crippen LogP contribution is -2.40. The zero-order valence-corrected chi connectivity index (χ0v) is 15.5. The Kier molecular flexibility index (Phi) is 5.70. The third-order valence-electron chi connectivity index (χ3n) is 3.28. The molecule has 1 saturated carbocycles. The van der Waals surface area contributed by atoms with Gasteiger partial charge in [-0.3, -0.25) is 0 Å². The van der Waals surface area contributed by atoms with Gasteiger partial charge in [0.05, 0.1) is 6.10 Å². The second-order valence-corrected chi connectivity index (χ2v) is 12.8. The summed E-state index contributed by atoms with van der Waals surface area (Å²) in [6.45, 7) is 13.7. The Bertz CT molecular complexity index is 301. The van der Waals surface area contributed by atoms with E-state index in [0.717, 1.165) is 0 Å². The van der Waals surface area contributed by atoms with Gasteiger partial charge in [-0.2, -0.15) is 0 Å². The van der Waals surface area contributed by atoms with E-state index >= 15 is 0 Å². The quantitative estimate of drug-likeness (QED) is 0.587. The first-order chi connectivity index (χ1) is 8.11. The molecule has 0 spiro atoms. The van der Waals surface area contributed by atoms with Crippen molar-refractivity contribution in [1.29, 1.82) is 0 Å². The Balaban J connectivity index is 2.95. The molecule has 0 aromatic heterocycles. The minimum atomic E-state index is -1.52.